The van der Waals surface area contributed by atoms with Crippen LogP contribution >= 0.6 is 0 Å². The highest BCUT2D eigenvalue weighted by atomic mass is 16.3. The first-order valence-electron chi connectivity index (χ1n) is 5.24. The maximum absolute atomic E-state index is 12.0. The van der Waals surface area contributed by atoms with Crippen molar-refractivity contribution in [3.05, 3.63) is 35.4 Å². The van der Waals surface area contributed by atoms with Crippen molar-refractivity contribution in [3.63, 3.8) is 0 Å². The average molecular weight is 219 g/mol. The minimum atomic E-state index is -0.817. The smallest absolute Gasteiger partial charge is 0.256 e. The number of fused-ring (bicyclic) bond motifs is 1. The van der Waals surface area contributed by atoms with Crippen LogP contribution in [0.2, 0.25) is 0 Å². The van der Waals surface area contributed by atoms with Gasteiger partial charge in [-0.3, -0.25) is 4.79 Å². The molecule has 4 nitrogen and oxygen atoms in total. The second-order valence-electron chi connectivity index (χ2n) is 3.80. The van der Waals surface area contributed by atoms with Gasteiger partial charge in [0.25, 0.3) is 5.91 Å². The van der Waals surface area contributed by atoms with E-state index in [2.05, 4.69) is 0 Å². The molecule has 1 aliphatic heterocycles. The molecule has 0 aliphatic carbocycles. The number of hydrogen-bond donors (Lipinski definition) is 1. The van der Waals surface area contributed by atoms with Gasteiger partial charge in [-0.25, -0.2) is 0 Å². The van der Waals surface area contributed by atoms with E-state index in [0.717, 1.165) is 11.8 Å². The molecular weight excluding hydrogens is 206 g/mol. The third-order valence-corrected chi connectivity index (χ3v) is 2.76. The highest BCUT2D eigenvalue weighted by molar-refractivity contribution is 5.97. The molecule has 2 rings (SSSR count). The molecular formula is C12H13NO3. The Kier molecular flexibility index (Phi) is 3.01. The van der Waals surface area contributed by atoms with E-state index < -0.39 is 6.23 Å². The van der Waals surface area contributed by atoms with Crippen molar-refractivity contribution in [1.82, 2.24) is 4.90 Å². The van der Waals surface area contributed by atoms with Crippen molar-refractivity contribution in [2.75, 3.05) is 6.54 Å². The van der Waals surface area contributed by atoms with Crippen LogP contribution in [0.3, 0.4) is 0 Å². The summed E-state index contributed by atoms with van der Waals surface area (Å²) in [5, 5.41) is 9.80. The second-order valence-corrected chi connectivity index (χ2v) is 3.80. The predicted octanol–water partition coefficient (Wildman–Crippen LogP) is 0.592. The highest BCUT2D eigenvalue weighted by Crippen LogP contribution is 2.21. The number of hydrogen-bond acceptors (Lipinski definition) is 3. The number of carbonyl (C=O) groups is 2. The Hall–Kier alpha value is -1.68. The maximum Gasteiger partial charge on any atom is 0.256 e. The molecule has 0 bridgehead atoms. The van der Waals surface area contributed by atoms with Crippen molar-refractivity contribution >= 4 is 12.2 Å². The Morgan fingerprint density at radius 1 is 1.44 bits per heavy atom. The largest absolute Gasteiger partial charge is 0.373 e. The number of carbonyl (C=O) groups excluding carboxylic acids is 2. The summed E-state index contributed by atoms with van der Waals surface area (Å²) >= 11 is 0. The standard InChI is InChI=1S/C12H13NO3/c14-7-3-6-13-11(15)8-9-4-1-2-5-10(9)12(13)16/h1-2,4-5,7,11,15H,3,6,8H2. The fraction of sp³-hybridized carbons (Fsp3) is 0.333. The van der Waals surface area contributed by atoms with E-state index in [1.807, 2.05) is 12.1 Å². The van der Waals surface area contributed by atoms with E-state index in [1.165, 1.54) is 4.90 Å². The van der Waals surface area contributed by atoms with E-state index in [9.17, 15) is 14.7 Å². The molecule has 0 saturated heterocycles. The average Bonchev–Trinajstić information content (AvgIpc) is 2.29. The predicted molar refractivity (Wildman–Crippen MR) is 57.9 cm³/mol. The van der Waals surface area contributed by atoms with Crippen molar-refractivity contribution in [3.8, 4) is 0 Å². The van der Waals surface area contributed by atoms with Crippen LogP contribution in [0.4, 0.5) is 0 Å². The summed E-state index contributed by atoms with van der Waals surface area (Å²) in [5.41, 5.74) is 1.49. The summed E-state index contributed by atoms with van der Waals surface area (Å²) in [6.45, 7) is 0.276. The first-order valence-corrected chi connectivity index (χ1v) is 5.24. The number of rotatable bonds is 3. The lowest BCUT2D eigenvalue weighted by Gasteiger charge is -2.32. The van der Waals surface area contributed by atoms with Gasteiger partial charge in [-0.15, -0.1) is 0 Å². The molecule has 0 spiro atoms. The number of amides is 1. The summed E-state index contributed by atoms with van der Waals surface area (Å²) < 4.78 is 0. The fourth-order valence-corrected chi connectivity index (χ4v) is 1.95. The van der Waals surface area contributed by atoms with Crippen LogP contribution < -0.4 is 0 Å². The van der Waals surface area contributed by atoms with Gasteiger partial charge in [0.2, 0.25) is 0 Å². The normalized spacial score (nSPS) is 19.4. The van der Waals surface area contributed by atoms with E-state index >= 15 is 0 Å². The van der Waals surface area contributed by atoms with Gasteiger partial charge in [-0.05, 0) is 11.6 Å². The molecule has 1 aromatic carbocycles. The topological polar surface area (TPSA) is 57.6 Å². The molecule has 1 unspecified atom stereocenters. The number of aliphatic hydroxyl groups is 1. The summed E-state index contributed by atoms with van der Waals surface area (Å²) in [4.78, 5) is 23.6. The van der Waals surface area contributed by atoms with Crippen LogP contribution in [0.5, 0.6) is 0 Å². The Morgan fingerprint density at radius 2 is 2.19 bits per heavy atom. The second kappa shape index (κ2) is 4.45. The third kappa shape index (κ3) is 1.84. The Bertz CT molecular complexity index is 416. The molecule has 1 aromatic rings. The van der Waals surface area contributed by atoms with Crippen molar-refractivity contribution < 1.29 is 14.7 Å². The first kappa shape index (κ1) is 10.8. The van der Waals surface area contributed by atoms with Crippen molar-refractivity contribution in [2.24, 2.45) is 0 Å². The van der Waals surface area contributed by atoms with Gasteiger partial charge in [0, 0.05) is 24.9 Å². The molecule has 0 aromatic heterocycles. The Balaban J connectivity index is 2.26. The van der Waals surface area contributed by atoms with Gasteiger partial charge < -0.3 is 14.8 Å². The van der Waals surface area contributed by atoms with E-state index in [1.54, 1.807) is 12.1 Å². The van der Waals surface area contributed by atoms with Crippen molar-refractivity contribution in [2.45, 2.75) is 19.1 Å². The molecule has 1 N–H and O–H groups in total. The third-order valence-electron chi connectivity index (χ3n) is 2.76. The van der Waals surface area contributed by atoms with Crippen LogP contribution in [0.1, 0.15) is 22.3 Å². The zero-order valence-corrected chi connectivity index (χ0v) is 8.80. The molecule has 16 heavy (non-hydrogen) atoms. The Labute approximate surface area is 93.5 Å². The van der Waals surface area contributed by atoms with E-state index in [4.69, 9.17) is 0 Å². The van der Waals surface area contributed by atoms with Crippen LogP contribution in [-0.4, -0.2) is 35.0 Å². The van der Waals surface area contributed by atoms with Crippen LogP contribution in [0.25, 0.3) is 0 Å². The molecule has 1 atom stereocenters. The molecule has 0 saturated carbocycles. The maximum atomic E-state index is 12.0. The molecule has 4 heteroatoms. The summed E-state index contributed by atoms with van der Waals surface area (Å²) in [5.74, 6) is -0.198. The Morgan fingerprint density at radius 3 is 2.94 bits per heavy atom. The summed E-state index contributed by atoms with van der Waals surface area (Å²) in [7, 11) is 0. The number of aliphatic hydroxyl groups excluding tert-OH is 1. The molecule has 1 heterocycles. The van der Waals surface area contributed by atoms with Gasteiger partial charge in [-0.1, -0.05) is 18.2 Å². The lowest BCUT2D eigenvalue weighted by molar-refractivity contribution is -0.108. The zero-order chi connectivity index (χ0) is 11.5. The minimum Gasteiger partial charge on any atom is -0.373 e. The zero-order valence-electron chi connectivity index (χ0n) is 8.80. The van der Waals surface area contributed by atoms with E-state index in [-0.39, 0.29) is 18.9 Å². The number of aldehydes is 1. The van der Waals surface area contributed by atoms with Gasteiger partial charge in [0.15, 0.2) is 0 Å². The van der Waals surface area contributed by atoms with Gasteiger partial charge in [0.05, 0.1) is 0 Å². The van der Waals surface area contributed by atoms with Crippen LogP contribution in [0, 0.1) is 0 Å². The van der Waals surface area contributed by atoms with Gasteiger partial charge in [-0.2, -0.15) is 0 Å². The monoisotopic (exact) mass is 219 g/mol. The quantitative estimate of drug-likeness (QED) is 0.757. The van der Waals surface area contributed by atoms with Gasteiger partial charge in [0.1, 0.15) is 12.5 Å². The number of nitrogens with zero attached hydrogens (tertiary/aromatic N) is 1. The lowest BCUT2D eigenvalue weighted by Crippen LogP contribution is -2.46. The molecule has 1 amide bonds. The molecule has 1 aliphatic rings. The minimum absolute atomic E-state index is 0.198. The fourth-order valence-electron chi connectivity index (χ4n) is 1.95. The SMILES string of the molecule is O=CCCN1C(=O)c2ccccc2CC1O. The summed E-state index contributed by atoms with van der Waals surface area (Å²) in [6.07, 6.45) is 0.619. The molecule has 0 radical (unpaired) electrons. The lowest BCUT2D eigenvalue weighted by atomic mass is 9.98. The van der Waals surface area contributed by atoms with Crippen LogP contribution in [-0.2, 0) is 11.2 Å². The summed E-state index contributed by atoms with van der Waals surface area (Å²) in [6, 6.07) is 7.23. The highest BCUT2D eigenvalue weighted by Gasteiger charge is 2.29. The molecule has 84 valence electrons. The van der Waals surface area contributed by atoms with Gasteiger partial charge >= 0.3 is 0 Å². The van der Waals surface area contributed by atoms with Crippen LogP contribution in [0.15, 0.2) is 24.3 Å². The van der Waals surface area contributed by atoms with Crippen molar-refractivity contribution in [1.29, 1.82) is 0 Å². The number of benzene rings is 1. The van der Waals surface area contributed by atoms with E-state index in [0.29, 0.717) is 12.0 Å². The molecule has 0 fully saturated rings. The first-order chi connectivity index (χ1) is 7.74.